The van der Waals surface area contributed by atoms with Gasteiger partial charge < -0.3 is 20.9 Å². The van der Waals surface area contributed by atoms with Crippen molar-refractivity contribution < 1.29 is 4.79 Å². The molecule has 2 aliphatic rings. The summed E-state index contributed by atoms with van der Waals surface area (Å²) in [7, 11) is 2.16. The van der Waals surface area contributed by atoms with Crippen molar-refractivity contribution in [2.45, 2.75) is 33.2 Å². The Hall–Kier alpha value is -3.60. The lowest BCUT2D eigenvalue weighted by Gasteiger charge is -2.32. The Labute approximate surface area is 240 Å². The molecule has 0 atom stereocenters. The third kappa shape index (κ3) is 6.75. The predicted molar refractivity (Wildman–Crippen MR) is 165 cm³/mol. The van der Waals surface area contributed by atoms with Crippen LogP contribution in [0.5, 0.6) is 0 Å². The normalized spacial score (nSPS) is 16.4. The summed E-state index contributed by atoms with van der Waals surface area (Å²) in [5.41, 5.74) is 11.4. The van der Waals surface area contributed by atoms with E-state index in [-0.39, 0.29) is 5.91 Å². The van der Waals surface area contributed by atoms with Crippen LogP contribution >= 0.6 is 11.3 Å². The number of benzene rings is 2. The predicted octanol–water partition coefficient (Wildman–Crippen LogP) is 4.51. The van der Waals surface area contributed by atoms with E-state index in [1.807, 2.05) is 35.7 Å². The Balaban J connectivity index is 1.29. The van der Waals surface area contributed by atoms with Gasteiger partial charge in [-0.05, 0) is 55.8 Å². The van der Waals surface area contributed by atoms with Crippen molar-refractivity contribution in [2.75, 3.05) is 56.5 Å². The molecule has 2 aromatic carbocycles. The molecule has 1 fully saturated rings. The third-order valence-corrected chi connectivity index (χ3v) is 8.12. The van der Waals surface area contributed by atoms with Crippen molar-refractivity contribution >= 4 is 45.4 Å². The van der Waals surface area contributed by atoms with Gasteiger partial charge in [0, 0.05) is 74.6 Å². The number of aromatic nitrogens is 1. The van der Waals surface area contributed by atoms with Gasteiger partial charge in [-0.3, -0.25) is 14.7 Å². The van der Waals surface area contributed by atoms with Crippen molar-refractivity contribution in [2.24, 2.45) is 15.7 Å². The third-order valence-electron chi connectivity index (χ3n) is 7.25. The number of piperazine rings is 1. The summed E-state index contributed by atoms with van der Waals surface area (Å²) in [4.78, 5) is 33.9. The van der Waals surface area contributed by atoms with E-state index in [1.54, 1.807) is 11.3 Å². The zero-order valence-corrected chi connectivity index (χ0v) is 24.4. The van der Waals surface area contributed by atoms with Gasteiger partial charge in [-0.15, -0.1) is 11.3 Å². The largest absolute Gasteiger partial charge is 0.387 e. The molecule has 3 N–H and O–H groups in total. The second-order valence-corrected chi connectivity index (χ2v) is 11.3. The summed E-state index contributed by atoms with van der Waals surface area (Å²) in [5.74, 6) is 1.06. The molecule has 9 nitrogen and oxygen atoms in total. The van der Waals surface area contributed by atoms with Crippen molar-refractivity contribution in [3.05, 3.63) is 70.2 Å². The van der Waals surface area contributed by atoms with Gasteiger partial charge in [-0.25, -0.2) is 9.98 Å². The molecule has 1 saturated heterocycles. The minimum atomic E-state index is -0.120. The molecule has 3 aromatic rings. The summed E-state index contributed by atoms with van der Waals surface area (Å²) >= 11 is 1.56. The molecule has 0 radical (unpaired) electrons. The second kappa shape index (κ2) is 12.7. The SMILES string of the molecule is CCCN(c1nc(C2=NCCC(N)=N2)cs1)c1cc(NC(=O)c2ccc(CN3CCN(C)CC3)cc2)ccc1C. The lowest BCUT2D eigenvalue weighted by Crippen LogP contribution is -2.43. The zero-order chi connectivity index (χ0) is 28.1. The molecule has 0 aliphatic carbocycles. The van der Waals surface area contributed by atoms with E-state index in [4.69, 9.17) is 10.7 Å². The van der Waals surface area contributed by atoms with Gasteiger partial charge in [0.25, 0.3) is 5.91 Å². The van der Waals surface area contributed by atoms with Crippen LogP contribution in [0.3, 0.4) is 0 Å². The van der Waals surface area contributed by atoms with Gasteiger partial charge >= 0.3 is 0 Å². The molecule has 1 amide bonds. The topological polar surface area (TPSA) is 102 Å². The number of anilines is 3. The minimum absolute atomic E-state index is 0.120. The fraction of sp³-hybridized carbons (Fsp3) is 0.400. The van der Waals surface area contributed by atoms with Crippen LogP contribution in [-0.4, -0.2) is 78.7 Å². The number of amidine groups is 2. The van der Waals surface area contributed by atoms with E-state index in [1.165, 1.54) is 5.56 Å². The van der Waals surface area contributed by atoms with Crippen LogP contribution in [0.1, 0.15) is 46.9 Å². The van der Waals surface area contributed by atoms with Crippen LogP contribution in [-0.2, 0) is 6.54 Å². The number of nitrogens with one attached hydrogen (secondary N) is 1. The maximum Gasteiger partial charge on any atom is 0.255 e. The summed E-state index contributed by atoms with van der Waals surface area (Å²) in [6.45, 7) is 10.9. The van der Waals surface area contributed by atoms with Crippen LogP contribution in [0.4, 0.5) is 16.5 Å². The molecule has 0 spiro atoms. The average Bonchev–Trinajstić information content (AvgIpc) is 3.45. The second-order valence-electron chi connectivity index (χ2n) is 10.5. The number of nitrogens with zero attached hydrogens (tertiary/aromatic N) is 6. The van der Waals surface area contributed by atoms with E-state index >= 15 is 0 Å². The number of rotatable bonds is 9. The number of nitrogens with two attached hydrogens (primary N) is 1. The first-order chi connectivity index (χ1) is 19.4. The Morgan fingerprint density at radius 3 is 2.62 bits per heavy atom. The van der Waals surface area contributed by atoms with Gasteiger partial charge in [0.15, 0.2) is 11.0 Å². The highest BCUT2D eigenvalue weighted by atomic mass is 32.1. The number of likely N-dealkylation sites (N-methyl/N-ethyl adjacent to an activating group) is 1. The summed E-state index contributed by atoms with van der Waals surface area (Å²) in [6, 6.07) is 14.0. The smallest absolute Gasteiger partial charge is 0.255 e. The summed E-state index contributed by atoms with van der Waals surface area (Å²) in [6.07, 6.45) is 1.62. The highest BCUT2D eigenvalue weighted by molar-refractivity contribution is 7.14. The summed E-state index contributed by atoms with van der Waals surface area (Å²) < 4.78 is 0. The van der Waals surface area contributed by atoms with Crippen LogP contribution < -0.4 is 16.0 Å². The molecule has 0 unspecified atom stereocenters. The fourth-order valence-electron chi connectivity index (χ4n) is 4.88. The van der Waals surface area contributed by atoms with Gasteiger partial charge in [-0.1, -0.05) is 25.1 Å². The maximum atomic E-state index is 13.1. The lowest BCUT2D eigenvalue weighted by molar-refractivity contribution is 0.102. The minimum Gasteiger partial charge on any atom is -0.387 e. The number of carbonyl (C=O) groups excluding carboxylic acids is 1. The van der Waals surface area contributed by atoms with Crippen LogP contribution in [0.15, 0.2) is 57.8 Å². The first-order valence-electron chi connectivity index (χ1n) is 13.9. The number of amides is 1. The Kier molecular flexibility index (Phi) is 8.88. The molecule has 210 valence electrons. The first-order valence-corrected chi connectivity index (χ1v) is 14.8. The fourth-order valence-corrected chi connectivity index (χ4v) is 5.73. The van der Waals surface area contributed by atoms with Gasteiger partial charge in [0.1, 0.15) is 11.5 Å². The van der Waals surface area contributed by atoms with Crippen molar-refractivity contribution in [1.29, 1.82) is 0 Å². The molecule has 1 aromatic heterocycles. The van der Waals surface area contributed by atoms with Crippen molar-refractivity contribution in [3.8, 4) is 0 Å². The Morgan fingerprint density at radius 2 is 1.90 bits per heavy atom. The lowest BCUT2D eigenvalue weighted by atomic mass is 10.1. The number of aliphatic imine (C=N–C) groups is 2. The zero-order valence-electron chi connectivity index (χ0n) is 23.6. The average molecular weight is 559 g/mol. The monoisotopic (exact) mass is 558 g/mol. The Morgan fingerprint density at radius 1 is 1.12 bits per heavy atom. The molecular formula is C30H38N8OS. The van der Waals surface area contributed by atoms with Crippen LogP contribution in [0.25, 0.3) is 0 Å². The molecule has 2 aliphatic heterocycles. The maximum absolute atomic E-state index is 13.1. The molecule has 5 rings (SSSR count). The molecule has 40 heavy (non-hydrogen) atoms. The first kappa shape index (κ1) is 27.9. The number of hydrogen-bond acceptors (Lipinski definition) is 9. The quantitative estimate of drug-likeness (QED) is 0.401. The highest BCUT2D eigenvalue weighted by Crippen LogP contribution is 2.33. The Bertz CT molecular complexity index is 1390. The highest BCUT2D eigenvalue weighted by Gasteiger charge is 2.19. The molecular weight excluding hydrogens is 520 g/mol. The number of hydrogen-bond donors (Lipinski definition) is 2. The number of aryl methyl sites for hydroxylation is 1. The van der Waals surface area contributed by atoms with Gasteiger partial charge in [-0.2, -0.15) is 0 Å². The standard InChI is InChI=1S/C30H38N8OS/c1-4-13-38(30-34-25(20-40-30)28-32-12-11-27(31)35-28)26-18-24(10-5-21(26)2)33-29(39)23-8-6-22(7-9-23)19-37-16-14-36(3)15-17-37/h5-10,18,20H,4,11-17,19H2,1-3H3,(H,33,39)(H2,31,32,35). The number of thiazole rings is 1. The van der Waals surface area contributed by atoms with Crippen molar-refractivity contribution in [1.82, 2.24) is 14.8 Å². The summed E-state index contributed by atoms with van der Waals surface area (Å²) in [5, 5.41) is 5.93. The van der Waals surface area contributed by atoms with E-state index in [2.05, 4.69) is 63.0 Å². The molecule has 3 heterocycles. The van der Waals surface area contributed by atoms with Gasteiger partial charge in [0.2, 0.25) is 0 Å². The van der Waals surface area contributed by atoms with E-state index in [9.17, 15) is 4.79 Å². The van der Waals surface area contributed by atoms with E-state index < -0.39 is 0 Å². The van der Waals surface area contributed by atoms with Crippen molar-refractivity contribution in [3.63, 3.8) is 0 Å². The van der Waals surface area contributed by atoms with Crippen LogP contribution in [0.2, 0.25) is 0 Å². The molecule has 10 heteroatoms. The van der Waals surface area contributed by atoms with E-state index in [0.717, 1.165) is 73.5 Å². The van der Waals surface area contributed by atoms with E-state index in [0.29, 0.717) is 30.2 Å². The van der Waals surface area contributed by atoms with Crippen LogP contribution in [0, 0.1) is 6.92 Å². The molecule has 0 bridgehead atoms. The van der Waals surface area contributed by atoms with Gasteiger partial charge in [0.05, 0.1) is 0 Å². The molecule has 0 saturated carbocycles. The number of carbonyl (C=O) groups is 1.